The lowest BCUT2D eigenvalue weighted by atomic mass is 9.87. The monoisotopic (exact) mass is 327 g/mol. The van der Waals surface area contributed by atoms with Gasteiger partial charge in [0.15, 0.2) is 0 Å². The molecule has 0 aromatic heterocycles. The van der Waals surface area contributed by atoms with Crippen molar-refractivity contribution in [2.24, 2.45) is 5.92 Å². The molecule has 2 unspecified atom stereocenters. The fourth-order valence-corrected chi connectivity index (χ4v) is 4.44. The van der Waals surface area contributed by atoms with Gasteiger partial charge in [-0.05, 0) is 37.3 Å². The van der Waals surface area contributed by atoms with Crippen molar-refractivity contribution in [1.82, 2.24) is 5.32 Å². The van der Waals surface area contributed by atoms with Crippen LogP contribution in [0.2, 0.25) is 0 Å². The quantitative estimate of drug-likeness (QED) is 0.897. The van der Waals surface area contributed by atoms with Gasteiger partial charge in [-0.1, -0.05) is 31.4 Å². The van der Waals surface area contributed by atoms with Crippen LogP contribution in [-0.2, 0) is 9.59 Å². The number of nitrogens with one attached hydrogen (secondary N) is 2. The lowest BCUT2D eigenvalue weighted by Gasteiger charge is -2.32. The van der Waals surface area contributed by atoms with Crippen molar-refractivity contribution in [3.05, 3.63) is 24.3 Å². The number of hydrogen-bond donors (Lipinski definition) is 2. The van der Waals surface area contributed by atoms with E-state index in [1.54, 1.807) is 0 Å². The Hall–Kier alpha value is -2.04. The molecule has 1 aromatic rings. The fraction of sp³-hybridized carbons (Fsp3) is 0.579. The summed E-state index contributed by atoms with van der Waals surface area (Å²) in [5.74, 6) is 0.741. The third kappa shape index (κ3) is 2.99. The third-order valence-corrected chi connectivity index (χ3v) is 5.64. The van der Waals surface area contributed by atoms with Crippen LogP contribution >= 0.6 is 0 Å². The van der Waals surface area contributed by atoms with Crippen molar-refractivity contribution in [3.8, 4) is 0 Å². The molecule has 0 radical (unpaired) electrons. The van der Waals surface area contributed by atoms with E-state index in [1.807, 2.05) is 24.3 Å². The van der Waals surface area contributed by atoms with E-state index < -0.39 is 0 Å². The van der Waals surface area contributed by atoms with E-state index in [2.05, 4.69) is 15.5 Å². The Labute approximate surface area is 142 Å². The van der Waals surface area contributed by atoms with Gasteiger partial charge in [0, 0.05) is 19.0 Å². The number of anilines is 2. The van der Waals surface area contributed by atoms with Crippen molar-refractivity contribution in [2.45, 2.75) is 57.0 Å². The Balaban J connectivity index is 1.39. The fourth-order valence-electron chi connectivity index (χ4n) is 4.44. The van der Waals surface area contributed by atoms with E-state index in [9.17, 15) is 9.59 Å². The molecule has 24 heavy (non-hydrogen) atoms. The highest BCUT2D eigenvalue weighted by Crippen LogP contribution is 2.36. The van der Waals surface area contributed by atoms with Gasteiger partial charge < -0.3 is 15.5 Å². The minimum absolute atomic E-state index is 0.0396. The Bertz CT molecular complexity index is 639. The first kappa shape index (κ1) is 15.5. The number of hydrogen-bond acceptors (Lipinski definition) is 3. The maximum Gasteiger partial charge on any atom is 0.247 e. The number of rotatable bonds is 3. The predicted molar refractivity (Wildman–Crippen MR) is 93.9 cm³/mol. The Kier molecular flexibility index (Phi) is 4.17. The molecule has 5 nitrogen and oxygen atoms in total. The van der Waals surface area contributed by atoms with Gasteiger partial charge in [-0.3, -0.25) is 9.59 Å². The second-order valence-electron chi connectivity index (χ2n) is 7.38. The molecule has 4 rings (SSSR count). The lowest BCUT2D eigenvalue weighted by Crippen LogP contribution is -2.44. The second kappa shape index (κ2) is 6.46. The molecule has 2 atom stereocenters. The highest BCUT2D eigenvalue weighted by molar-refractivity contribution is 6.04. The molecule has 2 amide bonds. The topological polar surface area (TPSA) is 61.4 Å². The molecule has 2 fully saturated rings. The molecule has 3 aliphatic rings. The number of benzene rings is 1. The average molecular weight is 327 g/mol. The first-order valence-electron chi connectivity index (χ1n) is 9.16. The van der Waals surface area contributed by atoms with Crippen LogP contribution in [0.25, 0.3) is 0 Å². The molecule has 1 saturated heterocycles. The zero-order valence-electron chi connectivity index (χ0n) is 14.0. The molecule has 1 aliphatic carbocycles. The second-order valence-corrected chi connectivity index (χ2v) is 7.38. The van der Waals surface area contributed by atoms with E-state index >= 15 is 0 Å². The minimum atomic E-state index is -0.167. The largest absolute Gasteiger partial charge is 0.356 e. The van der Waals surface area contributed by atoms with Crippen LogP contribution in [0.5, 0.6) is 0 Å². The van der Waals surface area contributed by atoms with E-state index in [0.29, 0.717) is 25.3 Å². The van der Waals surface area contributed by atoms with Crippen molar-refractivity contribution >= 4 is 23.2 Å². The predicted octanol–water partition coefficient (Wildman–Crippen LogP) is 2.67. The molecule has 2 aliphatic heterocycles. The van der Waals surface area contributed by atoms with Gasteiger partial charge in [0.25, 0.3) is 0 Å². The lowest BCUT2D eigenvalue weighted by molar-refractivity contribution is -0.123. The van der Waals surface area contributed by atoms with Gasteiger partial charge in [0.2, 0.25) is 11.8 Å². The molecule has 2 N–H and O–H groups in total. The van der Waals surface area contributed by atoms with Gasteiger partial charge in [-0.15, -0.1) is 0 Å². The summed E-state index contributed by atoms with van der Waals surface area (Å²) >= 11 is 0. The molecule has 0 spiro atoms. The van der Waals surface area contributed by atoms with Crippen LogP contribution in [0, 0.1) is 5.92 Å². The number of nitrogens with zero attached hydrogens (tertiary/aromatic N) is 1. The molecule has 0 bridgehead atoms. The highest BCUT2D eigenvalue weighted by atomic mass is 16.2. The average Bonchev–Trinajstić information content (AvgIpc) is 3.00. The number of para-hydroxylation sites is 2. The smallest absolute Gasteiger partial charge is 0.247 e. The number of amides is 2. The minimum Gasteiger partial charge on any atom is -0.356 e. The summed E-state index contributed by atoms with van der Waals surface area (Å²) < 4.78 is 0. The molecule has 2 heterocycles. The zero-order chi connectivity index (χ0) is 16.5. The summed E-state index contributed by atoms with van der Waals surface area (Å²) in [6, 6.07) is 7.77. The summed E-state index contributed by atoms with van der Waals surface area (Å²) in [5, 5.41) is 6.15. The van der Waals surface area contributed by atoms with Crippen LogP contribution in [0.3, 0.4) is 0 Å². The van der Waals surface area contributed by atoms with E-state index in [-0.39, 0.29) is 23.9 Å². The molecule has 1 aromatic carbocycles. The number of carbonyl (C=O) groups is 2. The van der Waals surface area contributed by atoms with Crippen molar-refractivity contribution in [2.75, 3.05) is 16.8 Å². The van der Waals surface area contributed by atoms with Crippen molar-refractivity contribution in [1.29, 1.82) is 0 Å². The summed E-state index contributed by atoms with van der Waals surface area (Å²) in [7, 11) is 0. The van der Waals surface area contributed by atoms with Crippen LogP contribution in [0.4, 0.5) is 11.4 Å². The number of carbonyl (C=O) groups excluding carboxylic acids is 2. The normalized spacial score (nSPS) is 26.5. The van der Waals surface area contributed by atoms with Gasteiger partial charge in [-0.25, -0.2) is 0 Å². The van der Waals surface area contributed by atoms with E-state index in [4.69, 9.17) is 0 Å². The summed E-state index contributed by atoms with van der Waals surface area (Å²) in [6.45, 7) is 0.714. The van der Waals surface area contributed by atoms with Gasteiger partial charge in [0.05, 0.1) is 11.4 Å². The summed E-state index contributed by atoms with van der Waals surface area (Å²) in [5.41, 5.74) is 1.93. The van der Waals surface area contributed by atoms with Crippen molar-refractivity contribution < 1.29 is 9.59 Å². The molecule has 5 heteroatoms. The Morgan fingerprint density at radius 3 is 2.83 bits per heavy atom. The van der Waals surface area contributed by atoms with E-state index in [0.717, 1.165) is 11.4 Å². The molecular formula is C19H25N3O2. The van der Waals surface area contributed by atoms with E-state index in [1.165, 1.54) is 32.1 Å². The van der Waals surface area contributed by atoms with Crippen LogP contribution in [0.15, 0.2) is 24.3 Å². The SMILES string of the molecule is O=C(CC1CCCCC1)NC1CC2C(=O)Nc3ccccc3N2C1. The van der Waals surface area contributed by atoms with Crippen LogP contribution < -0.4 is 15.5 Å². The molecule has 128 valence electrons. The van der Waals surface area contributed by atoms with Crippen LogP contribution in [-0.4, -0.2) is 30.4 Å². The molecular weight excluding hydrogens is 302 g/mol. The van der Waals surface area contributed by atoms with Crippen LogP contribution in [0.1, 0.15) is 44.9 Å². The van der Waals surface area contributed by atoms with Gasteiger partial charge in [-0.2, -0.15) is 0 Å². The van der Waals surface area contributed by atoms with Gasteiger partial charge >= 0.3 is 0 Å². The third-order valence-electron chi connectivity index (χ3n) is 5.64. The first-order chi connectivity index (χ1) is 11.7. The highest BCUT2D eigenvalue weighted by Gasteiger charge is 2.41. The number of fused-ring (bicyclic) bond motifs is 3. The first-order valence-corrected chi connectivity index (χ1v) is 9.16. The maximum atomic E-state index is 12.4. The standard InChI is InChI=1S/C19H25N3O2/c23-18(10-13-6-2-1-3-7-13)20-14-11-17-19(24)21-15-8-4-5-9-16(15)22(17)12-14/h4-5,8-9,13-14,17H,1-3,6-7,10-12H2,(H,20,23)(H,21,24). The van der Waals surface area contributed by atoms with Crippen molar-refractivity contribution in [3.63, 3.8) is 0 Å². The Morgan fingerprint density at radius 1 is 1.21 bits per heavy atom. The van der Waals surface area contributed by atoms with Gasteiger partial charge in [0.1, 0.15) is 6.04 Å². The summed E-state index contributed by atoms with van der Waals surface area (Å²) in [6.07, 6.45) is 7.53. The Morgan fingerprint density at radius 2 is 2.00 bits per heavy atom. The molecule has 1 saturated carbocycles. The maximum absolute atomic E-state index is 12.4. The zero-order valence-corrected chi connectivity index (χ0v) is 14.0. The summed E-state index contributed by atoms with van der Waals surface area (Å²) in [4.78, 5) is 26.8.